The summed E-state index contributed by atoms with van der Waals surface area (Å²) in [5.74, 6) is 0.735. The summed E-state index contributed by atoms with van der Waals surface area (Å²) in [6, 6.07) is 0. The van der Waals surface area contributed by atoms with Gasteiger partial charge in [-0.3, -0.25) is 0 Å². The van der Waals surface area contributed by atoms with Crippen LogP contribution in [0.3, 0.4) is 0 Å². The summed E-state index contributed by atoms with van der Waals surface area (Å²) in [6.45, 7) is 7.13. The minimum Gasteiger partial charge on any atom is -0.383 e. The summed E-state index contributed by atoms with van der Waals surface area (Å²) >= 11 is 5.67. The molecule has 0 aliphatic heterocycles. The maximum Gasteiger partial charge on any atom is 0.0587 e. The van der Waals surface area contributed by atoms with Crippen LogP contribution in [0.2, 0.25) is 0 Å². The number of hydrogen-bond donors (Lipinski definition) is 1. The van der Waals surface area contributed by atoms with Crippen LogP contribution in [0.4, 0.5) is 0 Å². The van der Waals surface area contributed by atoms with E-state index in [4.69, 9.17) is 16.3 Å². The van der Waals surface area contributed by atoms with Crippen LogP contribution in [0.25, 0.3) is 0 Å². The van der Waals surface area contributed by atoms with E-state index in [-0.39, 0.29) is 0 Å². The Morgan fingerprint density at radius 1 is 1.42 bits per heavy atom. The normalized spacial score (nSPS) is 12.0. The van der Waals surface area contributed by atoms with Crippen LogP contribution in [-0.4, -0.2) is 32.7 Å². The second-order valence-electron chi connectivity index (χ2n) is 3.77. The number of alkyl halides is 1. The highest BCUT2D eigenvalue weighted by Gasteiger charge is 2.15. The minimum atomic E-state index is 0.301. The van der Waals surface area contributed by atoms with E-state index in [0.717, 1.165) is 32.0 Å². The summed E-state index contributed by atoms with van der Waals surface area (Å²) in [6.07, 6.45) is 1.05. The molecule has 0 spiro atoms. The van der Waals surface area contributed by atoms with Crippen LogP contribution >= 0.6 is 11.6 Å². The third kappa shape index (κ3) is 6.89. The molecule has 0 aromatic heterocycles. The van der Waals surface area contributed by atoms with Crippen molar-refractivity contribution < 1.29 is 4.74 Å². The summed E-state index contributed by atoms with van der Waals surface area (Å²) in [5.41, 5.74) is 0.301. The topological polar surface area (TPSA) is 21.3 Å². The van der Waals surface area contributed by atoms with Gasteiger partial charge in [0.1, 0.15) is 0 Å². The van der Waals surface area contributed by atoms with Crippen molar-refractivity contribution in [2.24, 2.45) is 5.41 Å². The fraction of sp³-hybridized carbons (Fsp3) is 1.00. The van der Waals surface area contributed by atoms with Crippen molar-refractivity contribution >= 4 is 11.6 Å². The summed E-state index contributed by atoms with van der Waals surface area (Å²) in [7, 11) is 1.71. The number of halogens is 1. The molecule has 0 fully saturated rings. The predicted octanol–water partition coefficient (Wildman–Crippen LogP) is 1.88. The molecule has 0 aliphatic rings. The second kappa shape index (κ2) is 6.70. The lowest BCUT2D eigenvalue weighted by atomic mass is 9.90. The molecule has 74 valence electrons. The molecule has 0 saturated heterocycles. The number of ether oxygens (including phenoxy) is 1. The van der Waals surface area contributed by atoms with Crippen LogP contribution in [0, 0.1) is 5.41 Å². The highest BCUT2D eigenvalue weighted by molar-refractivity contribution is 6.17. The summed E-state index contributed by atoms with van der Waals surface area (Å²) in [5, 5.41) is 3.33. The number of rotatable bonds is 7. The Hall–Kier alpha value is 0.210. The third-order valence-corrected chi connectivity index (χ3v) is 2.05. The van der Waals surface area contributed by atoms with Crippen molar-refractivity contribution in [3.05, 3.63) is 0 Å². The second-order valence-corrected chi connectivity index (χ2v) is 4.15. The van der Waals surface area contributed by atoms with Gasteiger partial charge >= 0.3 is 0 Å². The fourth-order valence-corrected chi connectivity index (χ4v) is 1.46. The first kappa shape index (κ1) is 12.2. The summed E-state index contributed by atoms with van der Waals surface area (Å²) < 4.78 is 4.93. The monoisotopic (exact) mass is 193 g/mol. The Bertz CT molecular complexity index is 107. The molecule has 0 amide bonds. The Morgan fingerprint density at radius 3 is 2.58 bits per heavy atom. The van der Waals surface area contributed by atoms with Crippen LogP contribution in [0.15, 0.2) is 0 Å². The molecule has 0 aromatic rings. The van der Waals surface area contributed by atoms with E-state index in [0.29, 0.717) is 5.41 Å². The molecule has 0 bridgehead atoms. The molecule has 0 aliphatic carbocycles. The molecule has 0 heterocycles. The zero-order chi connectivity index (χ0) is 9.45. The van der Waals surface area contributed by atoms with Crippen LogP contribution in [0.5, 0.6) is 0 Å². The van der Waals surface area contributed by atoms with Gasteiger partial charge in [0.25, 0.3) is 0 Å². The fourth-order valence-electron chi connectivity index (χ4n) is 0.945. The van der Waals surface area contributed by atoms with Crippen molar-refractivity contribution in [3.8, 4) is 0 Å². The smallest absolute Gasteiger partial charge is 0.0587 e. The van der Waals surface area contributed by atoms with E-state index in [2.05, 4.69) is 19.2 Å². The number of methoxy groups -OCH3 is 1. The molecule has 0 aromatic carbocycles. The zero-order valence-electron chi connectivity index (χ0n) is 8.32. The van der Waals surface area contributed by atoms with Gasteiger partial charge in [-0.2, -0.15) is 0 Å². The van der Waals surface area contributed by atoms with Crippen molar-refractivity contribution in [1.29, 1.82) is 0 Å². The molecule has 12 heavy (non-hydrogen) atoms. The Labute approximate surface area is 80.6 Å². The van der Waals surface area contributed by atoms with Crippen LogP contribution < -0.4 is 5.32 Å². The number of nitrogens with one attached hydrogen (secondary N) is 1. The Balaban J connectivity index is 3.33. The highest BCUT2D eigenvalue weighted by atomic mass is 35.5. The van der Waals surface area contributed by atoms with Crippen LogP contribution in [0.1, 0.15) is 20.3 Å². The molecular weight excluding hydrogens is 174 g/mol. The molecule has 0 rings (SSSR count). The van der Waals surface area contributed by atoms with Gasteiger partial charge in [0.2, 0.25) is 0 Å². The van der Waals surface area contributed by atoms with Gasteiger partial charge in [0.05, 0.1) is 6.61 Å². The SMILES string of the molecule is COCCNCC(C)(C)CCCl. The first-order chi connectivity index (χ1) is 5.62. The van der Waals surface area contributed by atoms with E-state index in [9.17, 15) is 0 Å². The van der Waals surface area contributed by atoms with Gasteiger partial charge < -0.3 is 10.1 Å². The highest BCUT2D eigenvalue weighted by Crippen LogP contribution is 2.19. The van der Waals surface area contributed by atoms with E-state index >= 15 is 0 Å². The van der Waals surface area contributed by atoms with Crippen molar-refractivity contribution in [3.63, 3.8) is 0 Å². The zero-order valence-corrected chi connectivity index (χ0v) is 9.08. The third-order valence-electron chi connectivity index (χ3n) is 1.86. The summed E-state index contributed by atoms with van der Waals surface area (Å²) in [4.78, 5) is 0. The van der Waals surface area contributed by atoms with Gasteiger partial charge in [-0.1, -0.05) is 13.8 Å². The van der Waals surface area contributed by atoms with Crippen molar-refractivity contribution in [2.45, 2.75) is 20.3 Å². The molecule has 0 unspecified atom stereocenters. The standard InChI is InChI=1S/C9H20ClNO/c1-9(2,4-5-10)8-11-6-7-12-3/h11H,4-8H2,1-3H3. The maximum atomic E-state index is 5.67. The number of hydrogen-bond acceptors (Lipinski definition) is 2. The average molecular weight is 194 g/mol. The average Bonchev–Trinajstić information content (AvgIpc) is 1.98. The van der Waals surface area contributed by atoms with Crippen molar-refractivity contribution in [1.82, 2.24) is 5.32 Å². The lowest BCUT2D eigenvalue weighted by Gasteiger charge is -2.23. The van der Waals surface area contributed by atoms with E-state index in [1.807, 2.05) is 0 Å². The molecule has 0 radical (unpaired) electrons. The molecule has 0 atom stereocenters. The molecule has 3 heteroatoms. The van der Waals surface area contributed by atoms with Crippen LogP contribution in [-0.2, 0) is 4.74 Å². The van der Waals surface area contributed by atoms with Gasteiger partial charge in [0, 0.05) is 26.1 Å². The molecule has 1 N–H and O–H groups in total. The first-order valence-corrected chi connectivity index (χ1v) is 4.91. The first-order valence-electron chi connectivity index (χ1n) is 4.38. The molecule has 2 nitrogen and oxygen atoms in total. The lowest BCUT2D eigenvalue weighted by molar-refractivity contribution is 0.193. The largest absolute Gasteiger partial charge is 0.383 e. The van der Waals surface area contributed by atoms with Crippen molar-refractivity contribution in [2.75, 3.05) is 32.7 Å². The molecular formula is C9H20ClNO. The van der Waals surface area contributed by atoms with E-state index in [1.54, 1.807) is 7.11 Å². The van der Waals surface area contributed by atoms with Gasteiger partial charge in [-0.25, -0.2) is 0 Å². The van der Waals surface area contributed by atoms with E-state index in [1.165, 1.54) is 0 Å². The van der Waals surface area contributed by atoms with Gasteiger partial charge in [0.15, 0.2) is 0 Å². The van der Waals surface area contributed by atoms with Gasteiger partial charge in [-0.15, -0.1) is 11.6 Å². The maximum absolute atomic E-state index is 5.67. The Kier molecular flexibility index (Phi) is 6.81. The quantitative estimate of drug-likeness (QED) is 0.493. The van der Waals surface area contributed by atoms with Gasteiger partial charge in [-0.05, 0) is 11.8 Å². The lowest BCUT2D eigenvalue weighted by Crippen LogP contribution is -2.31. The predicted molar refractivity (Wildman–Crippen MR) is 53.9 cm³/mol. The molecule has 0 saturated carbocycles. The van der Waals surface area contributed by atoms with E-state index < -0.39 is 0 Å². The minimum absolute atomic E-state index is 0.301. The Morgan fingerprint density at radius 2 is 2.08 bits per heavy atom.